The van der Waals surface area contributed by atoms with Gasteiger partial charge in [0.05, 0.1) is 28.7 Å². The lowest BCUT2D eigenvalue weighted by molar-refractivity contribution is 0.386. The first kappa shape index (κ1) is 14.4. The smallest absolute Gasteiger partial charge is 0.240 e. The molecule has 0 atom stereocenters. The van der Waals surface area contributed by atoms with E-state index >= 15 is 0 Å². The number of nitrogens with zero attached hydrogens (tertiary/aromatic N) is 2. The summed E-state index contributed by atoms with van der Waals surface area (Å²) in [6.07, 6.45) is 1.63. The van der Waals surface area contributed by atoms with Crippen molar-refractivity contribution < 1.29 is 10.2 Å². The summed E-state index contributed by atoms with van der Waals surface area (Å²) in [4.78, 5) is 7.28. The van der Waals surface area contributed by atoms with Crippen LogP contribution in [0.4, 0.5) is 0 Å². The second kappa shape index (κ2) is 5.16. The number of hydrogen-bond donors (Lipinski definition) is 3. The van der Waals surface area contributed by atoms with Gasteiger partial charge in [0.2, 0.25) is 5.88 Å². The van der Waals surface area contributed by atoms with Crippen molar-refractivity contribution in [2.24, 2.45) is 0 Å². The van der Waals surface area contributed by atoms with Gasteiger partial charge in [0.25, 0.3) is 0 Å². The highest BCUT2D eigenvalue weighted by molar-refractivity contribution is 5.79. The number of aromatic amines is 1. The molecular formula is C19H17N3O2. The van der Waals surface area contributed by atoms with E-state index in [0.717, 1.165) is 33.5 Å². The fraction of sp³-hybridized carbons (Fsp3) is 0.105. The van der Waals surface area contributed by atoms with Gasteiger partial charge in [-0.25, -0.2) is 4.98 Å². The molecule has 0 fully saturated rings. The second-order valence-corrected chi connectivity index (χ2v) is 5.95. The van der Waals surface area contributed by atoms with Crippen molar-refractivity contribution in [2.45, 2.75) is 13.8 Å². The zero-order chi connectivity index (χ0) is 16.8. The molecule has 2 heterocycles. The Morgan fingerprint density at radius 2 is 1.88 bits per heavy atom. The van der Waals surface area contributed by atoms with Crippen molar-refractivity contribution in [3.63, 3.8) is 0 Å². The first-order valence-electron chi connectivity index (χ1n) is 7.70. The predicted molar refractivity (Wildman–Crippen MR) is 93.7 cm³/mol. The molecule has 0 aliphatic carbocycles. The number of aromatic nitrogens is 3. The number of fused-ring (bicyclic) bond motifs is 1. The molecule has 24 heavy (non-hydrogen) atoms. The van der Waals surface area contributed by atoms with Crippen LogP contribution in [0.5, 0.6) is 11.6 Å². The Hall–Kier alpha value is -3.21. The average molecular weight is 319 g/mol. The summed E-state index contributed by atoms with van der Waals surface area (Å²) in [5, 5.41) is 20.8. The lowest BCUT2D eigenvalue weighted by Crippen LogP contribution is -1.97. The molecule has 0 radical (unpaired) electrons. The number of H-pyrrole nitrogens is 1. The number of aromatic hydroxyl groups is 2. The molecule has 5 heteroatoms. The zero-order valence-electron chi connectivity index (χ0n) is 13.4. The van der Waals surface area contributed by atoms with E-state index in [0.29, 0.717) is 5.56 Å². The normalized spacial score (nSPS) is 11.2. The van der Waals surface area contributed by atoms with E-state index in [4.69, 9.17) is 0 Å². The standard InChI is InChI=1S/C19H17N3O2/c1-11-4-3-5-13(8-11)17-12(2)18(23)19(24)22(17)14-6-7-15-16(9-14)21-10-20-15/h3-10,23-24H,1-2H3,(H,20,21). The molecule has 0 amide bonds. The molecule has 0 saturated carbocycles. The minimum atomic E-state index is -0.164. The summed E-state index contributed by atoms with van der Waals surface area (Å²) in [7, 11) is 0. The highest BCUT2D eigenvalue weighted by atomic mass is 16.3. The van der Waals surface area contributed by atoms with Crippen LogP contribution in [0.2, 0.25) is 0 Å². The molecule has 4 aromatic rings. The van der Waals surface area contributed by atoms with Gasteiger partial charge in [-0.05, 0) is 43.7 Å². The third-order valence-corrected chi connectivity index (χ3v) is 4.31. The number of nitrogens with one attached hydrogen (secondary N) is 1. The quantitative estimate of drug-likeness (QED) is 0.522. The van der Waals surface area contributed by atoms with Crippen molar-refractivity contribution in [3.05, 3.63) is 59.9 Å². The summed E-state index contributed by atoms with van der Waals surface area (Å²) >= 11 is 0. The maximum absolute atomic E-state index is 10.5. The first-order chi connectivity index (χ1) is 11.6. The monoisotopic (exact) mass is 319 g/mol. The van der Waals surface area contributed by atoms with Gasteiger partial charge in [-0.1, -0.05) is 23.8 Å². The highest BCUT2D eigenvalue weighted by Crippen LogP contribution is 2.42. The predicted octanol–water partition coefficient (Wildman–Crippen LogP) is 4.05. The highest BCUT2D eigenvalue weighted by Gasteiger charge is 2.22. The fourth-order valence-corrected chi connectivity index (χ4v) is 3.11. The zero-order valence-corrected chi connectivity index (χ0v) is 13.4. The Morgan fingerprint density at radius 1 is 1.04 bits per heavy atom. The molecule has 0 bridgehead atoms. The Labute approximate surface area is 138 Å². The van der Waals surface area contributed by atoms with E-state index in [2.05, 4.69) is 9.97 Å². The largest absolute Gasteiger partial charge is 0.503 e. The van der Waals surface area contributed by atoms with Crippen LogP contribution in [0.25, 0.3) is 28.0 Å². The summed E-state index contributed by atoms with van der Waals surface area (Å²) in [5.74, 6) is -0.265. The van der Waals surface area contributed by atoms with Gasteiger partial charge in [-0.15, -0.1) is 0 Å². The van der Waals surface area contributed by atoms with Gasteiger partial charge in [0, 0.05) is 5.56 Å². The van der Waals surface area contributed by atoms with Crippen molar-refractivity contribution >= 4 is 11.0 Å². The lowest BCUT2D eigenvalue weighted by atomic mass is 10.1. The van der Waals surface area contributed by atoms with Gasteiger partial charge < -0.3 is 15.2 Å². The summed E-state index contributed by atoms with van der Waals surface area (Å²) in [6.45, 7) is 3.82. The van der Waals surface area contributed by atoms with E-state index in [1.54, 1.807) is 17.8 Å². The Bertz CT molecular complexity index is 1060. The maximum atomic E-state index is 10.5. The molecule has 0 saturated heterocycles. The summed E-state index contributed by atoms with van der Waals surface area (Å²) in [6, 6.07) is 13.6. The Morgan fingerprint density at radius 3 is 2.67 bits per heavy atom. The van der Waals surface area contributed by atoms with E-state index in [1.165, 1.54) is 0 Å². The molecule has 4 rings (SSSR count). The molecule has 0 spiro atoms. The van der Waals surface area contributed by atoms with Crippen molar-refractivity contribution in [2.75, 3.05) is 0 Å². The van der Waals surface area contributed by atoms with Crippen LogP contribution < -0.4 is 0 Å². The van der Waals surface area contributed by atoms with Crippen LogP contribution in [0.3, 0.4) is 0 Å². The third-order valence-electron chi connectivity index (χ3n) is 4.31. The van der Waals surface area contributed by atoms with Crippen LogP contribution in [0.15, 0.2) is 48.8 Å². The van der Waals surface area contributed by atoms with Crippen molar-refractivity contribution in [1.82, 2.24) is 14.5 Å². The fourth-order valence-electron chi connectivity index (χ4n) is 3.11. The molecule has 0 aliphatic heterocycles. The first-order valence-corrected chi connectivity index (χ1v) is 7.70. The second-order valence-electron chi connectivity index (χ2n) is 5.95. The minimum absolute atomic E-state index is 0.101. The van der Waals surface area contributed by atoms with Crippen LogP contribution in [0.1, 0.15) is 11.1 Å². The number of aryl methyl sites for hydroxylation is 1. The van der Waals surface area contributed by atoms with Gasteiger partial charge in [-0.2, -0.15) is 0 Å². The third kappa shape index (κ3) is 2.06. The lowest BCUT2D eigenvalue weighted by Gasteiger charge is -2.12. The van der Waals surface area contributed by atoms with Gasteiger partial charge >= 0.3 is 0 Å². The van der Waals surface area contributed by atoms with E-state index in [9.17, 15) is 10.2 Å². The van der Waals surface area contributed by atoms with Gasteiger partial charge in [-0.3, -0.25) is 4.57 Å². The number of benzene rings is 2. The summed E-state index contributed by atoms with van der Waals surface area (Å²) < 4.78 is 1.67. The van der Waals surface area contributed by atoms with Gasteiger partial charge in [0.1, 0.15) is 0 Å². The summed E-state index contributed by atoms with van der Waals surface area (Å²) in [5.41, 5.74) is 5.94. The van der Waals surface area contributed by atoms with Crippen molar-refractivity contribution in [3.8, 4) is 28.6 Å². The Kier molecular flexibility index (Phi) is 3.09. The van der Waals surface area contributed by atoms with Crippen LogP contribution in [-0.4, -0.2) is 24.7 Å². The van der Waals surface area contributed by atoms with E-state index < -0.39 is 0 Å². The SMILES string of the molecule is Cc1cccc(-c2c(C)c(O)c(O)n2-c2ccc3nc[nH]c3c2)c1. The number of rotatable bonds is 2. The Balaban J connectivity index is 2.02. The molecular weight excluding hydrogens is 302 g/mol. The molecule has 5 nitrogen and oxygen atoms in total. The minimum Gasteiger partial charge on any atom is -0.503 e. The van der Waals surface area contributed by atoms with Crippen molar-refractivity contribution in [1.29, 1.82) is 0 Å². The van der Waals surface area contributed by atoms with Crippen LogP contribution >= 0.6 is 0 Å². The molecule has 120 valence electrons. The molecule has 0 unspecified atom stereocenters. The van der Waals surface area contributed by atoms with Crippen LogP contribution in [0, 0.1) is 13.8 Å². The molecule has 0 aliphatic rings. The van der Waals surface area contributed by atoms with E-state index in [-0.39, 0.29) is 11.6 Å². The average Bonchev–Trinajstić information content (AvgIpc) is 3.12. The molecule has 3 N–H and O–H groups in total. The molecule has 2 aromatic carbocycles. The van der Waals surface area contributed by atoms with E-state index in [1.807, 2.05) is 49.4 Å². The number of imidazole rings is 1. The molecule has 2 aromatic heterocycles. The maximum Gasteiger partial charge on any atom is 0.240 e. The van der Waals surface area contributed by atoms with Gasteiger partial charge in [0.15, 0.2) is 5.75 Å². The topological polar surface area (TPSA) is 74.1 Å². The number of hydrogen-bond acceptors (Lipinski definition) is 3. The van der Waals surface area contributed by atoms with Crippen LogP contribution in [-0.2, 0) is 0 Å².